The van der Waals surface area contributed by atoms with E-state index in [2.05, 4.69) is 17.3 Å². The molecule has 0 spiro atoms. The highest BCUT2D eigenvalue weighted by atomic mass is 35.5. The Kier molecular flexibility index (Phi) is 5.41. The van der Waals surface area contributed by atoms with Crippen molar-refractivity contribution in [2.24, 2.45) is 0 Å². The molecule has 2 fully saturated rings. The Balaban J connectivity index is 1.69. The lowest BCUT2D eigenvalue weighted by Gasteiger charge is -2.32. The van der Waals surface area contributed by atoms with Gasteiger partial charge in [-0.05, 0) is 78.3 Å². The molecule has 142 valence electrons. The number of hydrogen-bond acceptors (Lipinski definition) is 4. The highest BCUT2D eigenvalue weighted by Crippen LogP contribution is 2.36. The Hall–Kier alpha value is -1.08. The molecule has 0 radical (unpaired) electrons. The number of piperidine rings is 1. The lowest BCUT2D eigenvalue weighted by atomic mass is 9.79. The van der Waals surface area contributed by atoms with Crippen molar-refractivity contribution in [1.82, 2.24) is 10.2 Å². The van der Waals surface area contributed by atoms with Gasteiger partial charge in [0.25, 0.3) is 5.91 Å². The number of benzene rings is 1. The van der Waals surface area contributed by atoms with E-state index in [1.54, 1.807) is 12.1 Å². The minimum atomic E-state index is -0.483. The summed E-state index contributed by atoms with van der Waals surface area (Å²) < 4.78 is 12.1. The number of nitrogens with one attached hydrogen (secondary N) is 1. The molecule has 3 rings (SSSR count). The van der Waals surface area contributed by atoms with Gasteiger partial charge in [0.2, 0.25) is 0 Å². The second kappa shape index (κ2) is 7.15. The fourth-order valence-electron chi connectivity index (χ4n) is 3.26. The number of rotatable bonds is 3. The molecule has 0 unspecified atom stereocenters. The Morgan fingerprint density at radius 2 is 1.77 bits per heavy atom. The summed E-state index contributed by atoms with van der Waals surface area (Å²) in [5.41, 5.74) is 0.498. The quantitative estimate of drug-likeness (QED) is 0.821. The molecule has 0 bridgehead atoms. The molecule has 7 heteroatoms. The van der Waals surface area contributed by atoms with Crippen LogP contribution < -0.4 is 10.8 Å². The Labute approximate surface area is 161 Å². The molecule has 1 aromatic rings. The van der Waals surface area contributed by atoms with Gasteiger partial charge in [-0.3, -0.25) is 4.79 Å². The van der Waals surface area contributed by atoms with Crippen molar-refractivity contribution in [2.75, 3.05) is 20.1 Å². The average Bonchev–Trinajstić information content (AvgIpc) is 2.77. The molecule has 2 aliphatic rings. The van der Waals surface area contributed by atoms with Crippen molar-refractivity contribution in [1.29, 1.82) is 0 Å². The standard InChI is InChI=1S/C19H28BClN2O3/c1-18(2)19(3,4)26-20(25-18)13-6-7-15(16(21)12-13)17(24)22-14-8-10-23(5)11-9-14/h6-7,12,14H,8-11H2,1-5H3,(H,22,24). The van der Waals surface area contributed by atoms with Crippen molar-refractivity contribution in [3.05, 3.63) is 28.8 Å². The summed E-state index contributed by atoms with van der Waals surface area (Å²) in [7, 11) is 1.62. The highest BCUT2D eigenvalue weighted by molar-refractivity contribution is 6.62. The summed E-state index contributed by atoms with van der Waals surface area (Å²) in [6, 6.07) is 5.59. The fourth-order valence-corrected chi connectivity index (χ4v) is 3.53. The van der Waals surface area contributed by atoms with Crippen molar-refractivity contribution < 1.29 is 14.1 Å². The number of nitrogens with zero attached hydrogens (tertiary/aromatic N) is 1. The first kappa shape index (κ1) is 19.7. The molecule has 5 nitrogen and oxygen atoms in total. The summed E-state index contributed by atoms with van der Waals surface area (Å²) in [5.74, 6) is -0.120. The van der Waals surface area contributed by atoms with Crippen LogP contribution in [0.25, 0.3) is 0 Å². The van der Waals surface area contributed by atoms with Gasteiger partial charge in [0.05, 0.1) is 21.8 Å². The van der Waals surface area contributed by atoms with Gasteiger partial charge in [-0.15, -0.1) is 0 Å². The normalized spacial score (nSPS) is 23.2. The summed E-state index contributed by atoms with van der Waals surface area (Å²) in [4.78, 5) is 14.9. The number of carbonyl (C=O) groups is 1. The predicted molar refractivity (Wildman–Crippen MR) is 105 cm³/mol. The summed E-state index contributed by atoms with van der Waals surface area (Å²) >= 11 is 6.41. The van der Waals surface area contributed by atoms with E-state index < -0.39 is 18.3 Å². The first-order chi connectivity index (χ1) is 12.1. The molecule has 0 saturated carbocycles. The molecular formula is C19H28BClN2O3. The van der Waals surface area contributed by atoms with E-state index in [0.717, 1.165) is 31.4 Å². The van der Waals surface area contributed by atoms with Crippen molar-refractivity contribution in [3.63, 3.8) is 0 Å². The summed E-state index contributed by atoms with van der Waals surface area (Å²) in [6.07, 6.45) is 1.93. The van der Waals surface area contributed by atoms with E-state index in [9.17, 15) is 4.79 Å². The van der Waals surface area contributed by atoms with Crippen LogP contribution in [0.1, 0.15) is 50.9 Å². The molecule has 1 amide bonds. The van der Waals surface area contributed by atoms with Crippen molar-refractivity contribution in [3.8, 4) is 0 Å². The van der Waals surface area contributed by atoms with E-state index in [1.807, 2.05) is 33.8 Å². The molecular weight excluding hydrogens is 350 g/mol. The molecule has 26 heavy (non-hydrogen) atoms. The van der Waals surface area contributed by atoms with Gasteiger partial charge in [-0.1, -0.05) is 17.7 Å². The predicted octanol–water partition coefficient (Wildman–Crippen LogP) is 2.46. The van der Waals surface area contributed by atoms with Gasteiger partial charge >= 0.3 is 7.12 Å². The SMILES string of the molecule is CN1CCC(NC(=O)c2ccc(B3OC(C)(C)C(C)(C)O3)cc2Cl)CC1. The second-order valence-corrected chi connectivity index (χ2v) is 8.79. The van der Waals surface area contributed by atoms with Crippen LogP contribution in [0.3, 0.4) is 0 Å². The largest absolute Gasteiger partial charge is 0.494 e. The molecule has 0 atom stereocenters. The van der Waals surface area contributed by atoms with E-state index in [4.69, 9.17) is 20.9 Å². The first-order valence-corrected chi connectivity index (χ1v) is 9.61. The van der Waals surface area contributed by atoms with Crippen LogP contribution in [0.2, 0.25) is 5.02 Å². The van der Waals surface area contributed by atoms with Gasteiger partial charge in [0.1, 0.15) is 0 Å². The van der Waals surface area contributed by atoms with Crippen LogP contribution in [0.15, 0.2) is 18.2 Å². The monoisotopic (exact) mass is 378 g/mol. The lowest BCUT2D eigenvalue weighted by molar-refractivity contribution is 0.00578. The Bertz CT molecular complexity index is 671. The number of halogens is 1. The Morgan fingerprint density at radius 3 is 2.31 bits per heavy atom. The molecule has 1 aromatic carbocycles. The van der Waals surface area contributed by atoms with E-state index in [0.29, 0.717) is 10.6 Å². The van der Waals surface area contributed by atoms with Crippen LogP contribution in [0.4, 0.5) is 0 Å². The van der Waals surface area contributed by atoms with E-state index in [1.165, 1.54) is 0 Å². The van der Waals surface area contributed by atoms with Crippen molar-refractivity contribution >= 4 is 30.1 Å². The minimum absolute atomic E-state index is 0.120. The summed E-state index contributed by atoms with van der Waals surface area (Å²) in [5, 5.41) is 3.52. The van der Waals surface area contributed by atoms with Gasteiger partial charge in [0.15, 0.2) is 0 Å². The maximum atomic E-state index is 12.6. The van der Waals surface area contributed by atoms with E-state index >= 15 is 0 Å². The molecule has 2 heterocycles. The molecule has 0 aliphatic carbocycles. The average molecular weight is 379 g/mol. The third-order valence-corrected chi connectivity index (χ3v) is 6.13. The van der Waals surface area contributed by atoms with Crippen LogP contribution in [-0.2, 0) is 9.31 Å². The molecule has 2 aliphatic heterocycles. The zero-order valence-electron chi connectivity index (χ0n) is 16.3. The number of carbonyl (C=O) groups excluding carboxylic acids is 1. The van der Waals surface area contributed by atoms with E-state index in [-0.39, 0.29) is 11.9 Å². The van der Waals surface area contributed by atoms with Gasteiger partial charge in [-0.2, -0.15) is 0 Å². The van der Waals surface area contributed by atoms with Crippen LogP contribution in [-0.4, -0.2) is 55.3 Å². The van der Waals surface area contributed by atoms with Crippen LogP contribution in [0, 0.1) is 0 Å². The highest BCUT2D eigenvalue weighted by Gasteiger charge is 2.51. The number of amides is 1. The zero-order valence-corrected chi connectivity index (χ0v) is 17.0. The van der Waals surface area contributed by atoms with Crippen molar-refractivity contribution in [2.45, 2.75) is 57.8 Å². The molecule has 2 saturated heterocycles. The smallest absolute Gasteiger partial charge is 0.399 e. The Morgan fingerprint density at radius 1 is 1.19 bits per heavy atom. The zero-order chi connectivity index (χ0) is 19.1. The van der Waals surface area contributed by atoms with Gasteiger partial charge in [-0.25, -0.2) is 0 Å². The second-order valence-electron chi connectivity index (χ2n) is 8.38. The minimum Gasteiger partial charge on any atom is -0.399 e. The van der Waals surface area contributed by atoms with Gasteiger partial charge < -0.3 is 19.5 Å². The maximum absolute atomic E-state index is 12.6. The number of likely N-dealkylation sites (tertiary alicyclic amines) is 1. The number of hydrogen-bond donors (Lipinski definition) is 1. The van der Waals surface area contributed by atoms with Crippen LogP contribution in [0.5, 0.6) is 0 Å². The van der Waals surface area contributed by atoms with Gasteiger partial charge in [0, 0.05) is 6.04 Å². The summed E-state index contributed by atoms with van der Waals surface area (Å²) in [6.45, 7) is 10.0. The fraction of sp³-hybridized carbons (Fsp3) is 0.632. The first-order valence-electron chi connectivity index (χ1n) is 9.23. The third kappa shape index (κ3) is 3.93. The van der Waals surface area contributed by atoms with Crippen LogP contribution >= 0.6 is 11.6 Å². The molecule has 0 aromatic heterocycles. The lowest BCUT2D eigenvalue weighted by Crippen LogP contribution is -2.43. The maximum Gasteiger partial charge on any atom is 0.494 e. The third-order valence-electron chi connectivity index (χ3n) is 5.82. The topological polar surface area (TPSA) is 50.8 Å². The molecule has 1 N–H and O–H groups in total.